The van der Waals surface area contributed by atoms with Crippen molar-refractivity contribution in [2.75, 3.05) is 0 Å². The SMILES string of the molecule is CC(=O)c1cccc(OC(C)C(=O)N[C@H](C)c2ccc(F)cn2)c1. The maximum atomic E-state index is 12.9. The Bertz CT molecular complexity index is 731. The standard InChI is InChI=1S/C18H19FN2O3/c1-11(17-8-7-15(19)10-20-17)21-18(23)13(3)24-16-6-4-5-14(9-16)12(2)22/h4-11,13H,1-3H3,(H,21,23)/t11-,13?/m1/s1. The Morgan fingerprint density at radius 3 is 2.58 bits per heavy atom. The number of halogens is 1. The molecule has 0 saturated carbocycles. The van der Waals surface area contributed by atoms with Crippen LogP contribution in [0.4, 0.5) is 4.39 Å². The lowest BCUT2D eigenvalue weighted by Crippen LogP contribution is -2.38. The molecule has 1 N–H and O–H groups in total. The highest BCUT2D eigenvalue weighted by molar-refractivity contribution is 5.94. The van der Waals surface area contributed by atoms with Crippen molar-refractivity contribution in [1.82, 2.24) is 10.3 Å². The fraction of sp³-hybridized carbons (Fsp3) is 0.278. The lowest BCUT2D eigenvalue weighted by Gasteiger charge is -2.18. The number of amides is 1. The van der Waals surface area contributed by atoms with Crippen LogP contribution < -0.4 is 10.1 Å². The molecule has 1 aromatic carbocycles. The van der Waals surface area contributed by atoms with Crippen LogP contribution in [-0.4, -0.2) is 22.8 Å². The highest BCUT2D eigenvalue weighted by Gasteiger charge is 2.18. The number of hydrogen-bond donors (Lipinski definition) is 1. The first kappa shape index (κ1) is 17.6. The first-order valence-corrected chi connectivity index (χ1v) is 7.56. The molecule has 5 nitrogen and oxygen atoms in total. The Kier molecular flexibility index (Phi) is 5.63. The fourth-order valence-electron chi connectivity index (χ4n) is 2.09. The van der Waals surface area contributed by atoms with Gasteiger partial charge in [-0.25, -0.2) is 4.39 Å². The van der Waals surface area contributed by atoms with Crippen LogP contribution in [0.2, 0.25) is 0 Å². The minimum Gasteiger partial charge on any atom is -0.481 e. The van der Waals surface area contributed by atoms with E-state index in [1.165, 1.54) is 19.1 Å². The van der Waals surface area contributed by atoms with Gasteiger partial charge in [-0.1, -0.05) is 12.1 Å². The predicted molar refractivity (Wildman–Crippen MR) is 87.3 cm³/mol. The minimum atomic E-state index is -0.755. The zero-order chi connectivity index (χ0) is 17.7. The van der Waals surface area contributed by atoms with Gasteiger partial charge in [0.15, 0.2) is 11.9 Å². The molecule has 1 unspecified atom stereocenters. The minimum absolute atomic E-state index is 0.0754. The van der Waals surface area contributed by atoms with E-state index in [0.717, 1.165) is 6.20 Å². The van der Waals surface area contributed by atoms with E-state index in [1.54, 1.807) is 38.1 Å². The summed E-state index contributed by atoms with van der Waals surface area (Å²) in [6.45, 7) is 4.83. The molecule has 1 aromatic heterocycles. The molecule has 2 atom stereocenters. The summed E-state index contributed by atoms with van der Waals surface area (Å²) in [6, 6.07) is 9.08. The van der Waals surface area contributed by atoms with Gasteiger partial charge in [0.25, 0.3) is 5.91 Å². The van der Waals surface area contributed by atoms with Gasteiger partial charge in [-0.2, -0.15) is 0 Å². The molecule has 0 fully saturated rings. The predicted octanol–water partition coefficient (Wildman–Crippen LogP) is 3.07. The van der Waals surface area contributed by atoms with Gasteiger partial charge < -0.3 is 10.1 Å². The lowest BCUT2D eigenvalue weighted by atomic mass is 10.1. The molecule has 0 radical (unpaired) electrons. The second-order valence-corrected chi connectivity index (χ2v) is 5.48. The molecule has 126 valence electrons. The summed E-state index contributed by atoms with van der Waals surface area (Å²) >= 11 is 0. The number of carbonyl (C=O) groups excluding carboxylic acids is 2. The largest absolute Gasteiger partial charge is 0.481 e. The number of benzene rings is 1. The normalized spacial score (nSPS) is 13.0. The van der Waals surface area contributed by atoms with E-state index in [0.29, 0.717) is 17.0 Å². The van der Waals surface area contributed by atoms with Crippen molar-refractivity contribution < 1.29 is 18.7 Å². The van der Waals surface area contributed by atoms with Gasteiger partial charge in [0.1, 0.15) is 11.6 Å². The number of nitrogens with one attached hydrogen (secondary N) is 1. The highest BCUT2D eigenvalue weighted by Crippen LogP contribution is 2.16. The number of Topliss-reactive ketones (excluding diaryl/α,β-unsaturated/α-hetero) is 1. The fourth-order valence-corrected chi connectivity index (χ4v) is 2.09. The summed E-state index contributed by atoms with van der Waals surface area (Å²) in [7, 11) is 0. The quantitative estimate of drug-likeness (QED) is 0.827. The van der Waals surface area contributed by atoms with Gasteiger partial charge in [-0.15, -0.1) is 0 Å². The van der Waals surface area contributed by atoms with E-state index in [1.807, 2.05) is 0 Å². The van der Waals surface area contributed by atoms with E-state index < -0.39 is 11.9 Å². The van der Waals surface area contributed by atoms with E-state index in [2.05, 4.69) is 10.3 Å². The van der Waals surface area contributed by atoms with Crippen LogP contribution in [-0.2, 0) is 4.79 Å². The average molecular weight is 330 g/mol. The van der Waals surface area contributed by atoms with Crippen LogP contribution in [0.25, 0.3) is 0 Å². The summed E-state index contributed by atoms with van der Waals surface area (Å²) < 4.78 is 18.5. The average Bonchev–Trinajstić information content (AvgIpc) is 2.55. The van der Waals surface area contributed by atoms with Crippen LogP contribution in [0, 0.1) is 5.82 Å². The maximum Gasteiger partial charge on any atom is 0.261 e. The molecule has 0 saturated heterocycles. The van der Waals surface area contributed by atoms with Gasteiger partial charge in [0.2, 0.25) is 0 Å². The summed E-state index contributed by atoms with van der Waals surface area (Å²) in [4.78, 5) is 27.5. The second-order valence-electron chi connectivity index (χ2n) is 5.48. The highest BCUT2D eigenvalue weighted by atomic mass is 19.1. The Morgan fingerprint density at radius 2 is 1.96 bits per heavy atom. The van der Waals surface area contributed by atoms with Crippen LogP contribution in [0.15, 0.2) is 42.6 Å². The van der Waals surface area contributed by atoms with Gasteiger partial charge in [0, 0.05) is 5.56 Å². The van der Waals surface area contributed by atoms with Crippen LogP contribution in [0.1, 0.15) is 42.9 Å². The molecule has 1 amide bonds. The summed E-state index contributed by atoms with van der Waals surface area (Å²) in [5.74, 6) is -0.396. The Balaban J connectivity index is 1.98. The van der Waals surface area contributed by atoms with Crippen molar-refractivity contribution in [3.63, 3.8) is 0 Å². The Morgan fingerprint density at radius 1 is 1.21 bits per heavy atom. The summed E-state index contributed by atoms with van der Waals surface area (Å²) in [5.41, 5.74) is 1.07. The number of pyridine rings is 1. The topological polar surface area (TPSA) is 68.3 Å². The third kappa shape index (κ3) is 4.62. The number of ketones is 1. The monoisotopic (exact) mass is 330 g/mol. The van der Waals surface area contributed by atoms with Gasteiger partial charge in [-0.3, -0.25) is 14.6 Å². The number of hydrogen-bond acceptors (Lipinski definition) is 4. The zero-order valence-electron chi connectivity index (χ0n) is 13.7. The smallest absolute Gasteiger partial charge is 0.261 e. The van der Waals surface area contributed by atoms with Crippen molar-refractivity contribution in [3.8, 4) is 5.75 Å². The number of aromatic nitrogens is 1. The van der Waals surface area contributed by atoms with Crippen LogP contribution >= 0.6 is 0 Å². The number of ether oxygens (including phenoxy) is 1. The third-order valence-corrected chi connectivity index (χ3v) is 3.48. The molecule has 2 rings (SSSR count). The van der Waals surface area contributed by atoms with E-state index in [9.17, 15) is 14.0 Å². The second kappa shape index (κ2) is 7.68. The van der Waals surface area contributed by atoms with Crippen molar-refractivity contribution in [3.05, 3.63) is 59.7 Å². The van der Waals surface area contributed by atoms with Crippen molar-refractivity contribution in [1.29, 1.82) is 0 Å². The Labute approximate surface area is 139 Å². The molecule has 0 aliphatic rings. The molecule has 24 heavy (non-hydrogen) atoms. The number of carbonyl (C=O) groups is 2. The van der Waals surface area contributed by atoms with Crippen molar-refractivity contribution >= 4 is 11.7 Å². The maximum absolute atomic E-state index is 12.9. The molecule has 6 heteroatoms. The van der Waals surface area contributed by atoms with Crippen LogP contribution in [0.5, 0.6) is 5.75 Å². The van der Waals surface area contributed by atoms with E-state index >= 15 is 0 Å². The molecule has 0 bridgehead atoms. The van der Waals surface area contributed by atoms with Gasteiger partial charge in [0.05, 0.1) is 17.9 Å². The number of rotatable bonds is 6. The molecule has 0 spiro atoms. The lowest BCUT2D eigenvalue weighted by molar-refractivity contribution is -0.127. The van der Waals surface area contributed by atoms with Gasteiger partial charge in [-0.05, 0) is 45.0 Å². The molecule has 2 aromatic rings. The van der Waals surface area contributed by atoms with E-state index in [4.69, 9.17) is 4.74 Å². The van der Waals surface area contributed by atoms with Gasteiger partial charge >= 0.3 is 0 Å². The first-order valence-electron chi connectivity index (χ1n) is 7.56. The van der Waals surface area contributed by atoms with Crippen molar-refractivity contribution in [2.24, 2.45) is 0 Å². The third-order valence-electron chi connectivity index (χ3n) is 3.48. The molecular weight excluding hydrogens is 311 g/mol. The van der Waals surface area contributed by atoms with Crippen molar-refractivity contribution in [2.45, 2.75) is 32.9 Å². The Hall–Kier alpha value is -2.76. The molecule has 1 heterocycles. The van der Waals surface area contributed by atoms with E-state index in [-0.39, 0.29) is 17.7 Å². The molecule has 0 aliphatic heterocycles. The molecular formula is C18H19FN2O3. The summed E-state index contributed by atoms with van der Waals surface area (Å²) in [5, 5.41) is 2.76. The summed E-state index contributed by atoms with van der Waals surface area (Å²) in [6.07, 6.45) is 0.348. The zero-order valence-corrected chi connectivity index (χ0v) is 13.7. The number of nitrogens with zero attached hydrogens (tertiary/aromatic N) is 1. The first-order chi connectivity index (χ1) is 11.4. The van der Waals surface area contributed by atoms with Crippen LogP contribution in [0.3, 0.4) is 0 Å². The molecule has 0 aliphatic carbocycles.